The quantitative estimate of drug-likeness (QED) is 0.819. The van der Waals surface area contributed by atoms with E-state index >= 15 is 0 Å². The van der Waals surface area contributed by atoms with Crippen LogP contribution in [-0.2, 0) is 4.74 Å². The number of aryl methyl sites for hydroxylation is 1. The van der Waals surface area contributed by atoms with E-state index in [0.717, 1.165) is 38.5 Å². The van der Waals surface area contributed by atoms with Crippen molar-refractivity contribution in [1.29, 1.82) is 0 Å². The minimum Gasteiger partial charge on any atom is -0.399 e. The number of nitrogens with two attached hydrogens (primary N) is 1. The molecule has 0 atom stereocenters. The Hall–Kier alpha value is -1.26. The third-order valence-electron chi connectivity index (χ3n) is 4.12. The molecule has 1 aromatic carbocycles. The highest BCUT2D eigenvalue weighted by Gasteiger charge is 2.27. The van der Waals surface area contributed by atoms with Gasteiger partial charge in [-0.2, -0.15) is 0 Å². The van der Waals surface area contributed by atoms with E-state index in [1.54, 1.807) is 0 Å². The summed E-state index contributed by atoms with van der Waals surface area (Å²) in [6.45, 7) is 8.45. The Morgan fingerprint density at radius 2 is 1.95 bits per heavy atom. The van der Waals surface area contributed by atoms with Crippen LogP contribution in [-0.4, -0.2) is 50.3 Å². The Balaban J connectivity index is 1.68. The molecule has 0 aliphatic carbocycles. The third kappa shape index (κ3) is 2.85. The highest BCUT2D eigenvalue weighted by atomic mass is 16.5. The molecule has 2 aliphatic heterocycles. The van der Waals surface area contributed by atoms with Crippen LogP contribution >= 0.6 is 0 Å². The summed E-state index contributed by atoms with van der Waals surface area (Å²) in [7, 11) is 0. The van der Waals surface area contributed by atoms with Crippen LogP contribution in [0.25, 0.3) is 0 Å². The predicted octanol–water partition coefficient (Wildman–Crippen LogP) is 1.49. The van der Waals surface area contributed by atoms with Crippen molar-refractivity contribution in [1.82, 2.24) is 4.90 Å². The Morgan fingerprint density at radius 1 is 1.11 bits per heavy atom. The van der Waals surface area contributed by atoms with Gasteiger partial charge in [0.25, 0.3) is 0 Å². The first-order chi connectivity index (χ1) is 9.22. The Kier molecular flexibility index (Phi) is 3.62. The predicted molar refractivity (Wildman–Crippen MR) is 78.6 cm³/mol. The van der Waals surface area contributed by atoms with Gasteiger partial charge >= 0.3 is 0 Å². The number of nitrogens with zero attached hydrogens (tertiary/aromatic N) is 2. The number of ether oxygens (including phenoxy) is 1. The van der Waals surface area contributed by atoms with E-state index in [9.17, 15) is 0 Å². The number of hydrogen-bond donors (Lipinski definition) is 1. The fourth-order valence-electron chi connectivity index (χ4n) is 2.97. The lowest BCUT2D eigenvalue weighted by molar-refractivity contribution is -0.0625. The fraction of sp³-hybridized carbons (Fsp3) is 0.600. The average molecular weight is 261 g/mol. The van der Waals surface area contributed by atoms with Crippen LogP contribution in [0.4, 0.5) is 11.4 Å². The second-order valence-corrected chi connectivity index (χ2v) is 5.67. The molecule has 4 nitrogen and oxygen atoms in total. The molecule has 2 fully saturated rings. The lowest BCUT2D eigenvalue weighted by atomic mass is 10.2. The van der Waals surface area contributed by atoms with E-state index in [2.05, 4.69) is 28.9 Å². The summed E-state index contributed by atoms with van der Waals surface area (Å²) >= 11 is 0. The summed E-state index contributed by atoms with van der Waals surface area (Å²) in [5.41, 5.74) is 9.33. The maximum atomic E-state index is 5.96. The van der Waals surface area contributed by atoms with Crippen LogP contribution < -0.4 is 10.6 Å². The van der Waals surface area contributed by atoms with E-state index in [1.165, 1.54) is 24.2 Å². The van der Waals surface area contributed by atoms with Gasteiger partial charge in [0.1, 0.15) is 0 Å². The Bertz CT molecular complexity index is 425. The van der Waals surface area contributed by atoms with Crippen molar-refractivity contribution < 1.29 is 4.74 Å². The first kappa shape index (κ1) is 12.8. The summed E-state index contributed by atoms with van der Waals surface area (Å²) < 4.78 is 5.30. The summed E-state index contributed by atoms with van der Waals surface area (Å²) in [6, 6.07) is 7.01. The molecule has 1 aromatic rings. The molecule has 0 unspecified atom stereocenters. The molecule has 0 amide bonds. The Morgan fingerprint density at radius 3 is 2.63 bits per heavy atom. The first-order valence-corrected chi connectivity index (χ1v) is 7.16. The van der Waals surface area contributed by atoms with Crippen LogP contribution in [0, 0.1) is 6.92 Å². The SMILES string of the molecule is Cc1cc(N)cc(N2CCCN(C3COC3)CC2)c1. The minimum absolute atomic E-state index is 0.655. The number of hydrogen-bond acceptors (Lipinski definition) is 4. The summed E-state index contributed by atoms with van der Waals surface area (Å²) in [6.07, 6.45) is 1.21. The normalized spacial score (nSPS) is 22.1. The monoisotopic (exact) mass is 261 g/mol. The highest BCUT2D eigenvalue weighted by molar-refractivity contribution is 5.58. The van der Waals surface area contributed by atoms with E-state index in [1.807, 2.05) is 6.07 Å². The van der Waals surface area contributed by atoms with Gasteiger partial charge in [0.05, 0.1) is 19.3 Å². The van der Waals surface area contributed by atoms with Crippen LogP contribution in [0.15, 0.2) is 18.2 Å². The number of anilines is 2. The van der Waals surface area contributed by atoms with Gasteiger partial charge in [0, 0.05) is 37.6 Å². The minimum atomic E-state index is 0.655. The van der Waals surface area contributed by atoms with E-state index in [4.69, 9.17) is 10.5 Å². The molecule has 2 heterocycles. The van der Waals surface area contributed by atoms with Gasteiger partial charge in [-0.25, -0.2) is 0 Å². The van der Waals surface area contributed by atoms with Crippen molar-refractivity contribution in [3.8, 4) is 0 Å². The lowest BCUT2D eigenvalue weighted by Gasteiger charge is -2.36. The number of benzene rings is 1. The molecule has 0 saturated carbocycles. The van der Waals surface area contributed by atoms with Crippen molar-refractivity contribution in [2.24, 2.45) is 0 Å². The number of rotatable bonds is 2. The molecule has 2 aliphatic rings. The smallest absolute Gasteiger partial charge is 0.0645 e. The summed E-state index contributed by atoms with van der Waals surface area (Å²) in [5.74, 6) is 0. The molecule has 2 N–H and O–H groups in total. The van der Waals surface area contributed by atoms with Crippen molar-refractivity contribution >= 4 is 11.4 Å². The van der Waals surface area contributed by atoms with Gasteiger partial charge < -0.3 is 15.4 Å². The molecular formula is C15H23N3O. The average Bonchev–Trinajstić information content (AvgIpc) is 2.51. The van der Waals surface area contributed by atoms with Crippen molar-refractivity contribution in [3.63, 3.8) is 0 Å². The molecule has 4 heteroatoms. The van der Waals surface area contributed by atoms with E-state index < -0.39 is 0 Å². The fourth-order valence-corrected chi connectivity index (χ4v) is 2.97. The first-order valence-electron chi connectivity index (χ1n) is 7.16. The second-order valence-electron chi connectivity index (χ2n) is 5.67. The van der Waals surface area contributed by atoms with Crippen molar-refractivity contribution in [2.75, 3.05) is 50.0 Å². The summed E-state index contributed by atoms with van der Waals surface area (Å²) in [5, 5.41) is 0. The topological polar surface area (TPSA) is 41.7 Å². The van der Waals surface area contributed by atoms with Gasteiger partial charge in [-0.1, -0.05) is 0 Å². The third-order valence-corrected chi connectivity index (χ3v) is 4.12. The molecule has 2 saturated heterocycles. The maximum Gasteiger partial charge on any atom is 0.0645 e. The van der Waals surface area contributed by atoms with Gasteiger partial charge in [-0.05, 0) is 37.1 Å². The molecule has 19 heavy (non-hydrogen) atoms. The van der Waals surface area contributed by atoms with Gasteiger partial charge in [-0.15, -0.1) is 0 Å². The van der Waals surface area contributed by atoms with Crippen LogP contribution in [0.5, 0.6) is 0 Å². The molecule has 0 spiro atoms. The lowest BCUT2D eigenvalue weighted by Crippen LogP contribution is -2.50. The molecule has 104 valence electrons. The molecular weight excluding hydrogens is 238 g/mol. The van der Waals surface area contributed by atoms with E-state index in [0.29, 0.717) is 6.04 Å². The zero-order valence-electron chi connectivity index (χ0n) is 11.6. The van der Waals surface area contributed by atoms with Crippen molar-refractivity contribution in [3.05, 3.63) is 23.8 Å². The zero-order chi connectivity index (χ0) is 13.2. The standard InChI is InChI=1S/C15H23N3O/c1-12-7-13(16)9-14(8-12)17-3-2-4-18(6-5-17)15-10-19-11-15/h7-9,15H,2-6,10-11,16H2,1H3. The second kappa shape index (κ2) is 5.39. The van der Waals surface area contributed by atoms with E-state index in [-0.39, 0.29) is 0 Å². The zero-order valence-corrected chi connectivity index (χ0v) is 11.6. The van der Waals surface area contributed by atoms with Crippen LogP contribution in [0.1, 0.15) is 12.0 Å². The molecule has 0 bridgehead atoms. The molecule has 0 aromatic heterocycles. The maximum absolute atomic E-state index is 5.96. The molecule has 3 rings (SSSR count). The molecule has 0 radical (unpaired) electrons. The largest absolute Gasteiger partial charge is 0.399 e. The Labute approximate surface area is 115 Å². The van der Waals surface area contributed by atoms with Crippen molar-refractivity contribution in [2.45, 2.75) is 19.4 Å². The van der Waals surface area contributed by atoms with Crippen LogP contribution in [0.2, 0.25) is 0 Å². The highest BCUT2D eigenvalue weighted by Crippen LogP contribution is 2.22. The van der Waals surface area contributed by atoms with Gasteiger partial charge in [-0.3, -0.25) is 4.90 Å². The summed E-state index contributed by atoms with van der Waals surface area (Å²) in [4.78, 5) is 5.03. The van der Waals surface area contributed by atoms with Crippen LogP contribution in [0.3, 0.4) is 0 Å². The van der Waals surface area contributed by atoms with Gasteiger partial charge in [0.15, 0.2) is 0 Å². The van der Waals surface area contributed by atoms with Gasteiger partial charge in [0.2, 0.25) is 0 Å². The number of nitrogen functional groups attached to an aromatic ring is 1.